The molecule has 4 aliphatic rings. The fourth-order valence-corrected chi connectivity index (χ4v) is 15.5. The first-order valence-electron chi connectivity index (χ1n) is 39.5. The molecule has 4 aliphatic carbocycles. The van der Waals surface area contributed by atoms with Gasteiger partial charge in [0.1, 0.15) is 77.3 Å². The summed E-state index contributed by atoms with van der Waals surface area (Å²) in [4.78, 5) is 47.0. The molecule has 0 unspecified atom stereocenters. The number of fused-ring (bicyclic) bond motifs is 4. The SMILES string of the molecule is CC(C)(C)OC(=O)c1cc(Cl)c(CBr)cc1F.CC1(C)CCc2ccc(O)cc2C1.CC1(C)CCc2ccc(OCc3cc(F)c(C(=O)O)cc3Cl)cc2C1.CC1(C)CCc2ccc(OCc3cc(F)c(C(=O)OC(C)(C)C)cc3Cl)cc2C1.CN(C)S(=O)(=O)NC(=O)c1cc(Cl)c(COc2ccc3c(c2)CC(C)(C)CC3)cc1F.CN(C)S(N)(=O)=O. The van der Waals surface area contributed by atoms with Gasteiger partial charge in [-0.3, -0.25) is 4.79 Å². The van der Waals surface area contributed by atoms with Crippen molar-refractivity contribution in [2.75, 3.05) is 28.2 Å². The number of amides is 1. The highest BCUT2D eigenvalue weighted by atomic mass is 79.9. The molecule has 19 nitrogen and oxygen atoms in total. The van der Waals surface area contributed by atoms with Crippen LogP contribution in [0.2, 0.25) is 20.1 Å². The predicted octanol–water partition coefficient (Wildman–Crippen LogP) is 21.9. The van der Waals surface area contributed by atoms with Gasteiger partial charge in [-0.2, -0.15) is 25.4 Å². The standard InChI is InChI=1S/C24H28ClFO3.C22H26ClFN2O4S.C20H20ClFO3.C12H13BrClFO2.C12H16O.C2H8N2O2S/c1-23(2,3)29-22(27)19-12-20(25)17(11-21(19)26)14-28-18-7-6-15-8-9-24(4,5)13-16(15)10-18;1-22(2)8-7-14-5-6-17(9-15(14)12-22)30-13-16-10-20(24)18(11-19(16)23)21(27)25-31(28,29)26(3)4;1-20(2)6-5-12-3-4-15(7-13(12)10-20)25-11-14-8-18(22)16(19(23)24)9-17(14)21;1-12(2,3)17-11(16)8-5-9(14)7(6-13)4-10(8)15;1-12(2)6-5-9-3-4-11(13)7-10(9)8-12;1-4(2)7(3,5)6/h6-7,10-12H,8-9,13-14H2,1-5H3;5-6,9-11H,7-8,12-13H2,1-4H3,(H,25,27);3-4,7-9H,5-6,10-11H2,1-2H3,(H,23,24);4-5H,6H2,1-3H3;3-4,7,13H,5-6,8H2,1-2H3;1-2H3,(H2,3,5,6). The summed E-state index contributed by atoms with van der Waals surface area (Å²) >= 11 is 27.6. The minimum Gasteiger partial charge on any atom is -0.508 e. The highest BCUT2D eigenvalue weighted by Crippen LogP contribution is 2.41. The quantitative estimate of drug-likeness (QED) is 0.0375. The van der Waals surface area contributed by atoms with Gasteiger partial charge in [-0.15, -0.1) is 0 Å². The molecule has 122 heavy (non-hydrogen) atoms. The van der Waals surface area contributed by atoms with Gasteiger partial charge in [0.25, 0.3) is 16.1 Å². The Kier molecular flexibility index (Phi) is 34.7. The van der Waals surface area contributed by atoms with Crippen LogP contribution < -0.4 is 24.1 Å². The molecule has 0 aromatic heterocycles. The van der Waals surface area contributed by atoms with E-state index < -0.39 is 89.8 Å². The molecular weight excluding hydrogens is 1760 g/mol. The van der Waals surface area contributed by atoms with Crippen molar-refractivity contribution in [3.63, 3.8) is 0 Å². The van der Waals surface area contributed by atoms with Gasteiger partial charge >= 0.3 is 28.1 Å². The second-order valence-electron chi connectivity index (χ2n) is 36.2. The number of hydrogen-bond acceptors (Lipinski definition) is 14. The number of carbonyl (C=O) groups excluding carboxylic acids is 3. The Labute approximate surface area is 744 Å². The molecule has 0 bridgehead atoms. The average molecular weight is 1870 g/mol. The maximum atomic E-state index is 14.5. The number of carboxylic acid groups (broad SMARTS) is 1. The minimum absolute atomic E-state index is 0.00975. The van der Waals surface area contributed by atoms with Crippen LogP contribution in [0.3, 0.4) is 0 Å². The molecule has 8 aromatic carbocycles. The summed E-state index contributed by atoms with van der Waals surface area (Å²) in [5.74, 6) is -4.40. The number of benzene rings is 8. The van der Waals surface area contributed by atoms with Crippen molar-refractivity contribution in [2.24, 2.45) is 26.8 Å². The third-order valence-corrected chi connectivity index (χ3v) is 24.9. The highest BCUT2D eigenvalue weighted by molar-refractivity contribution is 9.08. The Hall–Kier alpha value is -8.02. The second-order valence-corrected chi connectivity index (χ2v) is 42.0. The van der Waals surface area contributed by atoms with E-state index in [4.69, 9.17) is 75.2 Å². The Morgan fingerprint density at radius 1 is 0.443 bits per heavy atom. The number of phenolic OH excluding ortho intramolecular Hbond substituents is 1. The number of alkyl halides is 1. The summed E-state index contributed by atoms with van der Waals surface area (Å²) in [6.45, 7) is 28.7. The first-order valence-corrected chi connectivity index (χ1v) is 45.1. The number of aromatic hydroxyl groups is 1. The first kappa shape index (κ1) is 101. The maximum Gasteiger partial charge on any atom is 0.341 e. The van der Waals surface area contributed by atoms with E-state index in [0.29, 0.717) is 55.3 Å². The number of ether oxygens (including phenoxy) is 5. The van der Waals surface area contributed by atoms with Gasteiger partial charge in [0, 0.05) is 70.3 Å². The zero-order valence-corrected chi connectivity index (χ0v) is 78.5. The Morgan fingerprint density at radius 3 is 1.02 bits per heavy atom. The van der Waals surface area contributed by atoms with Crippen molar-refractivity contribution >= 4 is 107 Å². The van der Waals surface area contributed by atoms with Crippen LogP contribution >= 0.6 is 62.3 Å². The van der Waals surface area contributed by atoms with Crippen LogP contribution in [0.1, 0.15) is 231 Å². The van der Waals surface area contributed by atoms with Crippen LogP contribution in [0.4, 0.5) is 17.6 Å². The zero-order chi connectivity index (χ0) is 91.3. The molecule has 0 saturated carbocycles. The first-order chi connectivity index (χ1) is 56.3. The van der Waals surface area contributed by atoms with Gasteiger partial charge in [-0.1, -0.05) is 142 Å². The maximum absolute atomic E-state index is 14.5. The van der Waals surface area contributed by atoms with E-state index in [0.717, 1.165) is 96.4 Å². The Bertz CT molecular complexity index is 5390. The lowest BCUT2D eigenvalue weighted by molar-refractivity contribution is 0.00517. The number of carbonyl (C=O) groups is 4. The molecular formula is C92H111BrCl4F4N4O15S2. The Morgan fingerprint density at radius 2 is 0.721 bits per heavy atom. The van der Waals surface area contributed by atoms with Crippen LogP contribution in [0.25, 0.3) is 0 Å². The molecule has 5 N–H and O–H groups in total. The summed E-state index contributed by atoms with van der Waals surface area (Å²) in [6.07, 6.45) is 13.2. The molecule has 12 rings (SSSR count). The largest absolute Gasteiger partial charge is 0.508 e. The number of aryl methyl sites for hydroxylation is 4. The number of carboxylic acids is 1. The minimum atomic E-state index is -4.05. The number of aromatic carboxylic acids is 1. The van der Waals surface area contributed by atoms with E-state index in [-0.39, 0.29) is 62.3 Å². The van der Waals surface area contributed by atoms with E-state index in [1.54, 1.807) is 52.3 Å². The summed E-state index contributed by atoms with van der Waals surface area (Å²) in [5.41, 5.74) is 11.1. The van der Waals surface area contributed by atoms with Crippen LogP contribution in [-0.4, -0.2) is 98.9 Å². The van der Waals surface area contributed by atoms with Gasteiger partial charge < -0.3 is 33.9 Å². The van der Waals surface area contributed by atoms with Gasteiger partial charge in [0.15, 0.2) is 0 Å². The number of phenols is 1. The lowest BCUT2D eigenvalue weighted by atomic mass is 9.74. The molecule has 0 heterocycles. The average Bonchev–Trinajstić information content (AvgIpc) is 0.833. The molecule has 664 valence electrons. The Balaban J connectivity index is 0.000000211. The lowest BCUT2D eigenvalue weighted by Gasteiger charge is -2.31. The van der Waals surface area contributed by atoms with Crippen LogP contribution in [0.5, 0.6) is 23.0 Å². The van der Waals surface area contributed by atoms with Crippen molar-refractivity contribution in [2.45, 2.75) is 210 Å². The van der Waals surface area contributed by atoms with Crippen molar-refractivity contribution < 1.29 is 87.5 Å². The van der Waals surface area contributed by atoms with Crippen molar-refractivity contribution in [3.05, 3.63) is 254 Å². The highest BCUT2D eigenvalue weighted by Gasteiger charge is 2.32. The number of esters is 2. The summed E-state index contributed by atoms with van der Waals surface area (Å²) < 4.78 is 131. The molecule has 30 heteroatoms. The molecule has 0 aliphatic heterocycles. The second kappa shape index (κ2) is 41.9. The van der Waals surface area contributed by atoms with Crippen molar-refractivity contribution in [1.29, 1.82) is 0 Å². The normalized spacial score (nSPS) is 15.2. The van der Waals surface area contributed by atoms with E-state index >= 15 is 0 Å². The third-order valence-electron chi connectivity index (χ3n) is 20.5. The fourth-order valence-electron chi connectivity index (χ4n) is 13.5. The molecule has 0 spiro atoms. The van der Waals surface area contributed by atoms with Crippen LogP contribution in [-0.2, 0) is 106 Å². The number of nitrogens with two attached hydrogens (primary N) is 1. The number of nitrogens with zero attached hydrogens (tertiary/aromatic N) is 2. The molecule has 0 saturated heterocycles. The van der Waals surface area contributed by atoms with Crippen LogP contribution in [0.15, 0.2) is 121 Å². The van der Waals surface area contributed by atoms with E-state index in [2.05, 4.69) is 107 Å². The number of nitrogens with one attached hydrogen (secondary N) is 1. The topological polar surface area (TPSA) is 268 Å². The molecule has 0 fully saturated rings. The molecule has 0 radical (unpaired) electrons. The number of halogens is 9. The number of hydrogen-bond donors (Lipinski definition) is 4. The van der Waals surface area contributed by atoms with Gasteiger partial charge in [0.05, 0.1) is 22.3 Å². The van der Waals surface area contributed by atoms with Crippen molar-refractivity contribution in [3.8, 4) is 23.0 Å². The number of rotatable bonds is 17. The van der Waals surface area contributed by atoms with Gasteiger partial charge in [-0.05, 0) is 287 Å². The summed E-state index contributed by atoms with van der Waals surface area (Å²) in [5, 5.41) is 24.2. The lowest BCUT2D eigenvalue weighted by Crippen LogP contribution is -2.39. The van der Waals surface area contributed by atoms with E-state index in [9.17, 15) is 58.7 Å². The van der Waals surface area contributed by atoms with E-state index in [1.165, 1.54) is 116 Å². The van der Waals surface area contributed by atoms with Gasteiger partial charge in [0.2, 0.25) is 0 Å². The van der Waals surface area contributed by atoms with E-state index in [1.807, 2.05) is 36.4 Å². The molecule has 8 aromatic rings. The fraction of sp³-hybridized carbons (Fsp3) is 0.435. The molecule has 0 atom stereocenters. The summed E-state index contributed by atoms with van der Waals surface area (Å²) in [7, 11) is -2.21. The predicted molar refractivity (Wildman–Crippen MR) is 476 cm³/mol. The zero-order valence-electron chi connectivity index (χ0n) is 72.3. The van der Waals surface area contributed by atoms with Crippen molar-refractivity contribution in [1.82, 2.24) is 13.3 Å². The van der Waals surface area contributed by atoms with Gasteiger partial charge in [-0.25, -0.2) is 41.8 Å². The third kappa shape index (κ3) is 30.7. The summed E-state index contributed by atoms with van der Waals surface area (Å²) in [6, 6.07) is 33.3. The monoisotopic (exact) mass is 1870 g/mol. The van der Waals surface area contributed by atoms with Crippen LogP contribution in [0, 0.1) is 44.9 Å². The smallest absolute Gasteiger partial charge is 0.341 e. The molecule has 1 amide bonds.